The van der Waals surface area contributed by atoms with Crippen molar-refractivity contribution in [3.8, 4) is 5.75 Å². The van der Waals surface area contributed by atoms with Crippen LogP contribution in [0.2, 0.25) is 5.02 Å². The van der Waals surface area contributed by atoms with E-state index in [1.54, 1.807) is 29.7 Å². The molecule has 1 aliphatic heterocycles. The number of allylic oxidation sites excluding steroid dienone is 3. The van der Waals surface area contributed by atoms with Crippen LogP contribution in [0.15, 0.2) is 71.7 Å². The zero-order chi connectivity index (χ0) is 56.2. The van der Waals surface area contributed by atoms with Gasteiger partial charge in [0.15, 0.2) is 22.5 Å². The number of Topliss-reactive ketones (excluding diaryl/α,β-unsaturated/α-hetero) is 2. The summed E-state index contributed by atoms with van der Waals surface area (Å²) >= 11 is 9.08. The van der Waals surface area contributed by atoms with Crippen molar-refractivity contribution in [3.05, 3.63) is 98.8 Å². The molecule has 1 saturated heterocycles. The first-order valence-electron chi connectivity index (χ1n) is 27.3. The van der Waals surface area contributed by atoms with Crippen molar-refractivity contribution in [2.75, 3.05) is 90.8 Å². The van der Waals surface area contributed by atoms with Gasteiger partial charge in [-0.1, -0.05) is 62.7 Å². The molecule has 22 heteroatoms. The summed E-state index contributed by atoms with van der Waals surface area (Å²) in [6.45, 7) is 12.2. The molecule has 0 radical (unpaired) electrons. The number of pyridine rings is 1. The predicted molar refractivity (Wildman–Crippen MR) is 305 cm³/mol. The summed E-state index contributed by atoms with van der Waals surface area (Å²) in [7, 11) is 0. The first-order valence-corrected chi connectivity index (χ1v) is 29.4. The molecule has 2 fully saturated rings. The number of nitrogens with zero attached hydrogens (tertiary/aromatic N) is 4. The van der Waals surface area contributed by atoms with Crippen LogP contribution in [0.3, 0.4) is 0 Å². The van der Waals surface area contributed by atoms with Crippen molar-refractivity contribution in [2.45, 2.75) is 103 Å². The molecule has 1 aromatic carbocycles. The molecule has 4 aromatic rings. The summed E-state index contributed by atoms with van der Waals surface area (Å²) in [6, 6.07) is 8.87. The summed E-state index contributed by atoms with van der Waals surface area (Å²) in [5.41, 5.74) is 3.49. The number of aryl methyl sites for hydroxylation is 1. The number of rotatable bonds is 32. The van der Waals surface area contributed by atoms with Crippen LogP contribution in [-0.2, 0) is 39.8 Å². The van der Waals surface area contributed by atoms with Crippen LogP contribution in [0.25, 0.3) is 5.57 Å². The van der Waals surface area contributed by atoms with Gasteiger partial charge in [-0.05, 0) is 80.2 Å². The van der Waals surface area contributed by atoms with Gasteiger partial charge in [0.25, 0.3) is 0 Å². The molecule has 1 unspecified atom stereocenters. The quantitative estimate of drug-likeness (QED) is 0.0274. The smallest absolute Gasteiger partial charge is 0.242 e. The lowest BCUT2D eigenvalue weighted by molar-refractivity contribution is -0.142. The number of ether oxygens (including phenoxy) is 4. The van der Waals surface area contributed by atoms with Crippen molar-refractivity contribution in [1.29, 1.82) is 0 Å². The number of nitrogens with one attached hydrogen (secondary N) is 5. The third-order valence-corrected chi connectivity index (χ3v) is 16.3. The van der Waals surface area contributed by atoms with Crippen molar-refractivity contribution in [2.24, 2.45) is 16.7 Å². The summed E-state index contributed by atoms with van der Waals surface area (Å²) in [4.78, 5) is 70.6. The molecular weight excluding hydrogens is 1070 g/mol. The van der Waals surface area contributed by atoms with Gasteiger partial charge in [0, 0.05) is 74.7 Å². The minimum Gasteiger partial charge on any atom is -0.487 e. The fourth-order valence-corrected chi connectivity index (χ4v) is 11.5. The van der Waals surface area contributed by atoms with E-state index in [0.29, 0.717) is 104 Å². The molecule has 2 aliphatic carbocycles. The third-order valence-electron chi connectivity index (χ3n) is 14.4. The Labute approximate surface area is 476 Å². The first kappa shape index (κ1) is 61.5. The lowest BCUT2D eigenvalue weighted by Crippen LogP contribution is -2.57. The topological polar surface area (TPSA) is 227 Å². The molecule has 0 bridgehead atoms. The molecule has 1 saturated carbocycles. The molecule has 18 nitrogen and oxygen atoms in total. The minimum absolute atomic E-state index is 0.00336. The normalized spacial score (nSPS) is 20.7. The summed E-state index contributed by atoms with van der Waals surface area (Å²) in [5, 5.41) is 29.1. The second kappa shape index (κ2) is 30.7. The highest BCUT2D eigenvalue weighted by Crippen LogP contribution is 2.42. The molecule has 6 N–H and O–H groups in total. The average Bonchev–Trinajstić information content (AvgIpc) is 4.30. The SMILES string of the molecule is Cc1ncsc1C1=CCC(CNC(=O)[C@@H]2C[C@@H](O)CN2C(=O)[C@@H](NCC(=O)CCNCCOCCOCCOCCNCC(=O)C2(Cc3cccc(Nc4nccs4)n3)CCC(Oc3cccc(Cl)c3F)CC2)C(C)(C)C)C=C1. The van der Waals surface area contributed by atoms with Gasteiger partial charge in [0.1, 0.15) is 17.6 Å². The highest BCUT2D eigenvalue weighted by Gasteiger charge is 2.45. The monoisotopic (exact) mass is 1150 g/mol. The van der Waals surface area contributed by atoms with Crippen LogP contribution >= 0.6 is 34.3 Å². The number of aliphatic hydroxyl groups excluding tert-OH is 1. The van der Waals surface area contributed by atoms with Crippen LogP contribution in [0.1, 0.15) is 82.0 Å². The minimum atomic E-state index is -0.824. The number of carbonyl (C=O) groups is 4. The van der Waals surface area contributed by atoms with E-state index in [2.05, 4.69) is 54.8 Å². The summed E-state index contributed by atoms with van der Waals surface area (Å²) in [5.74, 6) is -0.308. The van der Waals surface area contributed by atoms with Crippen molar-refractivity contribution in [1.82, 2.24) is 41.1 Å². The van der Waals surface area contributed by atoms with E-state index < -0.39 is 34.8 Å². The maximum atomic E-state index is 14.7. The zero-order valence-electron chi connectivity index (χ0n) is 45.7. The van der Waals surface area contributed by atoms with Gasteiger partial charge < -0.3 is 50.2 Å². The Balaban J connectivity index is 0.719. The Hall–Kier alpha value is -5.07. The Morgan fingerprint density at radius 1 is 0.937 bits per heavy atom. The zero-order valence-corrected chi connectivity index (χ0v) is 48.1. The van der Waals surface area contributed by atoms with Crippen LogP contribution in [0.4, 0.5) is 15.3 Å². The Bertz CT molecular complexity index is 2660. The lowest BCUT2D eigenvalue weighted by Gasteiger charge is -2.39. The molecule has 430 valence electrons. The van der Waals surface area contributed by atoms with Crippen LogP contribution < -0.4 is 31.3 Å². The van der Waals surface area contributed by atoms with Crippen LogP contribution in [0, 0.1) is 29.5 Å². The number of benzene rings is 1. The molecular formula is C57H77ClFN9O9S2. The highest BCUT2D eigenvalue weighted by atomic mass is 35.5. The number of likely N-dealkylation sites (tertiary alicyclic amines) is 1. The van der Waals surface area contributed by atoms with Gasteiger partial charge in [0.05, 0.1) is 92.1 Å². The van der Waals surface area contributed by atoms with Gasteiger partial charge in [-0.2, -0.15) is 0 Å². The summed E-state index contributed by atoms with van der Waals surface area (Å²) in [6.07, 6.45) is 10.8. The lowest BCUT2D eigenvalue weighted by atomic mass is 9.67. The van der Waals surface area contributed by atoms with E-state index in [4.69, 9.17) is 35.5 Å². The van der Waals surface area contributed by atoms with Gasteiger partial charge in [-0.25, -0.2) is 19.3 Å². The van der Waals surface area contributed by atoms with E-state index in [1.165, 1.54) is 22.3 Å². The van der Waals surface area contributed by atoms with Gasteiger partial charge in [-0.15, -0.1) is 22.7 Å². The van der Waals surface area contributed by atoms with Gasteiger partial charge in [-0.3, -0.25) is 24.5 Å². The molecule has 7 rings (SSSR count). The third kappa shape index (κ3) is 18.7. The number of aromatic nitrogens is 3. The van der Waals surface area contributed by atoms with Gasteiger partial charge in [0.2, 0.25) is 11.8 Å². The van der Waals surface area contributed by atoms with Crippen LogP contribution in [-0.4, -0.2) is 158 Å². The maximum absolute atomic E-state index is 14.7. The second-order valence-corrected chi connectivity index (χ2v) is 23.5. The standard InChI is InChI=1S/C57H77ClFN9O9S2/c1-38-51(79-37-65-38)40-13-11-39(12-14-40)33-64-53(72)46-31-43(70)36-68(46)54(73)52(56(2,3)4)63-34-42(69)17-20-60-21-24-74-26-28-76-29-27-75-25-22-61-35-48(71)57(32-41-7-5-10-49(66-41)67-55-62-23-30-78-55)18-15-44(16-19-57)77-47-9-6-8-45(58)50(47)59/h5-11,13-14,23,30,37,39,43-44,46,52,60-61,63,70H,12,15-22,24-29,31-36H2,1-4H3,(H,64,72)(H,62,66,67)/t39?,43-,44?,46+,52-,57?/m1/s1. The molecule has 4 heterocycles. The number of halogens is 2. The Morgan fingerprint density at radius 2 is 1.67 bits per heavy atom. The fraction of sp³-hybridized carbons (Fsp3) is 0.561. The number of amides is 2. The second-order valence-electron chi connectivity index (χ2n) is 21.4. The van der Waals surface area contributed by atoms with Crippen molar-refractivity contribution < 1.29 is 47.6 Å². The van der Waals surface area contributed by atoms with Gasteiger partial charge >= 0.3 is 0 Å². The van der Waals surface area contributed by atoms with E-state index in [-0.39, 0.29) is 78.7 Å². The highest BCUT2D eigenvalue weighted by molar-refractivity contribution is 7.13. The molecule has 3 aromatic heterocycles. The van der Waals surface area contributed by atoms with E-state index in [9.17, 15) is 28.7 Å². The number of hydrogen-bond donors (Lipinski definition) is 6. The fourth-order valence-electron chi connectivity index (χ4n) is 9.99. The Morgan fingerprint density at radius 3 is 2.35 bits per heavy atom. The number of aliphatic hydroxyl groups is 1. The van der Waals surface area contributed by atoms with E-state index in [0.717, 1.165) is 33.4 Å². The Kier molecular flexibility index (Phi) is 23.9. The number of anilines is 2. The van der Waals surface area contributed by atoms with Crippen LogP contribution in [0.5, 0.6) is 5.75 Å². The maximum Gasteiger partial charge on any atom is 0.242 e. The average molecular weight is 1150 g/mol. The number of ketones is 2. The number of thiazole rings is 2. The molecule has 79 heavy (non-hydrogen) atoms. The van der Waals surface area contributed by atoms with Crippen molar-refractivity contribution >= 4 is 74.2 Å². The molecule has 3 aliphatic rings. The van der Waals surface area contributed by atoms with Crippen molar-refractivity contribution in [3.63, 3.8) is 0 Å². The number of hydrogen-bond acceptors (Lipinski definition) is 18. The first-order chi connectivity index (χ1) is 38.1. The molecule has 0 spiro atoms. The molecule has 4 atom stereocenters. The predicted octanol–water partition coefficient (Wildman–Crippen LogP) is 6.89. The number of carbonyl (C=O) groups excluding carboxylic acids is 4. The largest absolute Gasteiger partial charge is 0.487 e. The molecule has 2 amide bonds. The summed E-state index contributed by atoms with van der Waals surface area (Å²) < 4.78 is 37.8. The van der Waals surface area contributed by atoms with E-state index >= 15 is 0 Å². The number of β-amino-alcohol motifs (C(OH)–C–C–N with tert-alkyl or cyclic N) is 1. The van der Waals surface area contributed by atoms with E-state index in [1.807, 2.05) is 56.8 Å².